The van der Waals surface area contributed by atoms with Gasteiger partial charge in [0.05, 0.1) is 6.61 Å². The van der Waals surface area contributed by atoms with Crippen molar-refractivity contribution in [2.24, 2.45) is 0 Å². The van der Waals surface area contributed by atoms with Crippen LogP contribution < -0.4 is 0 Å². The van der Waals surface area contributed by atoms with E-state index in [1.165, 1.54) is 0 Å². The zero-order chi connectivity index (χ0) is 13.3. The Hall–Kier alpha value is -0.610. The maximum absolute atomic E-state index is 11.8. The van der Waals surface area contributed by atoms with Gasteiger partial charge in [-0.2, -0.15) is 0 Å². The summed E-state index contributed by atoms with van der Waals surface area (Å²) in [6.07, 6.45) is 1.89. The fourth-order valence-corrected chi connectivity index (χ4v) is 1.94. The minimum absolute atomic E-state index is 0.0814. The number of ether oxygens (including phenoxy) is 1. The second-order valence-corrected chi connectivity index (χ2v) is 4.46. The molecule has 0 spiro atoms. The molecule has 0 heterocycles. The van der Waals surface area contributed by atoms with Gasteiger partial charge in [0.15, 0.2) is 0 Å². The number of carbonyl (C=O) groups excluding carboxylic acids is 1. The van der Waals surface area contributed by atoms with E-state index in [0.717, 1.165) is 32.5 Å². The maximum atomic E-state index is 11.8. The highest BCUT2D eigenvalue weighted by atomic mass is 16.5. The van der Waals surface area contributed by atoms with E-state index >= 15 is 0 Å². The van der Waals surface area contributed by atoms with Crippen molar-refractivity contribution in [2.45, 2.75) is 39.7 Å². The van der Waals surface area contributed by atoms with Crippen molar-refractivity contribution in [1.82, 2.24) is 9.80 Å². The molecule has 4 nitrogen and oxygen atoms in total. The molecule has 1 atom stereocenters. The van der Waals surface area contributed by atoms with Crippen molar-refractivity contribution < 1.29 is 9.53 Å². The molecule has 0 amide bonds. The van der Waals surface area contributed by atoms with E-state index in [4.69, 9.17) is 4.74 Å². The SMILES string of the molecule is CCOC(=O)C(CC)N(CC)CCCN(C)C. The molecule has 0 saturated heterocycles. The van der Waals surface area contributed by atoms with Crippen LogP contribution in [0.2, 0.25) is 0 Å². The lowest BCUT2D eigenvalue weighted by Crippen LogP contribution is -2.42. The van der Waals surface area contributed by atoms with Crippen molar-refractivity contribution in [2.75, 3.05) is 40.3 Å². The van der Waals surface area contributed by atoms with Gasteiger partial charge in [-0.05, 0) is 47.0 Å². The summed E-state index contributed by atoms with van der Waals surface area (Å²) in [6.45, 7) is 9.35. The monoisotopic (exact) mass is 244 g/mol. The van der Waals surface area contributed by atoms with E-state index in [1.54, 1.807) is 0 Å². The summed E-state index contributed by atoms with van der Waals surface area (Å²) < 4.78 is 5.11. The Labute approximate surface area is 106 Å². The quantitative estimate of drug-likeness (QED) is 0.577. The molecular formula is C13H28N2O2. The predicted molar refractivity (Wildman–Crippen MR) is 71.1 cm³/mol. The number of rotatable bonds is 9. The van der Waals surface area contributed by atoms with Crippen molar-refractivity contribution in [3.8, 4) is 0 Å². The average Bonchev–Trinajstić information content (AvgIpc) is 2.27. The molecule has 0 aromatic carbocycles. The van der Waals surface area contributed by atoms with Crippen molar-refractivity contribution in [1.29, 1.82) is 0 Å². The van der Waals surface area contributed by atoms with Crippen molar-refractivity contribution in [3.63, 3.8) is 0 Å². The standard InChI is InChI=1S/C13H28N2O2/c1-6-12(13(16)17-8-3)15(7-2)11-9-10-14(4)5/h12H,6-11H2,1-5H3. The predicted octanol–water partition coefficient (Wildman–Crippen LogP) is 1.60. The number of likely N-dealkylation sites (N-methyl/N-ethyl adjacent to an activating group) is 1. The number of esters is 1. The van der Waals surface area contributed by atoms with Crippen LogP contribution in [0, 0.1) is 0 Å². The Morgan fingerprint density at radius 3 is 2.24 bits per heavy atom. The van der Waals surface area contributed by atoms with Crippen LogP contribution in [0.4, 0.5) is 0 Å². The number of hydrogen-bond acceptors (Lipinski definition) is 4. The molecule has 0 bridgehead atoms. The highest BCUT2D eigenvalue weighted by Crippen LogP contribution is 2.07. The van der Waals surface area contributed by atoms with Gasteiger partial charge in [-0.1, -0.05) is 13.8 Å². The number of hydrogen-bond donors (Lipinski definition) is 0. The smallest absolute Gasteiger partial charge is 0.323 e. The van der Waals surface area contributed by atoms with Gasteiger partial charge < -0.3 is 9.64 Å². The normalized spacial score (nSPS) is 13.1. The number of carbonyl (C=O) groups is 1. The highest BCUT2D eigenvalue weighted by Gasteiger charge is 2.23. The van der Waals surface area contributed by atoms with Crippen LogP contribution in [0.5, 0.6) is 0 Å². The first-order valence-corrected chi connectivity index (χ1v) is 6.62. The molecule has 0 aromatic rings. The topological polar surface area (TPSA) is 32.8 Å². The Morgan fingerprint density at radius 1 is 1.18 bits per heavy atom. The molecule has 0 aliphatic rings. The van der Waals surface area contributed by atoms with Gasteiger partial charge in [0.2, 0.25) is 0 Å². The van der Waals surface area contributed by atoms with Crippen LogP contribution in [0.15, 0.2) is 0 Å². The van der Waals surface area contributed by atoms with Gasteiger partial charge in [-0.15, -0.1) is 0 Å². The summed E-state index contributed by atoms with van der Waals surface area (Å²) in [7, 11) is 4.14. The second kappa shape index (κ2) is 9.42. The summed E-state index contributed by atoms with van der Waals surface area (Å²) in [4.78, 5) is 16.2. The van der Waals surface area contributed by atoms with Crippen LogP contribution in [-0.4, -0.2) is 62.1 Å². The lowest BCUT2D eigenvalue weighted by molar-refractivity contribution is -0.149. The van der Waals surface area contributed by atoms with E-state index in [0.29, 0.717) is 6.61 Å². The molecule has 102 valence electrons. The molecule has 0 N–H and O–H groups in total. The third kappa shape index (κ3) is 6.64. The summed E-state index contributed by atoms with van der Waals surface area (Å²) >= 11 is 0. The summed E-state index contributed by atoms with van der Waals surface area (Å²) in [5, 5.41) is 0. The zero-order valence-corrected chi connectivity index (χ0v) is 12.0. The van der Waals surface area contributed by atoms with Crippen molar-refractivity contribution in [3.05, 3.63) is 0 Å². The Morgan fingerprint density at radius 2 is 1.82 bits per heavy atom. The summed E-state index contributed by atoms with van der Waals surface area (Å²) in [5.74, 6) is -0.0818. The highest BCUT2D eigenvalue weighted by molar-refractivity contribution is 5.75. The molecule has 0 aromatic heterocycles. The third-order valence-electron chi connectivity index (χ3n) is 2.84. The van der Waals surface area contributed by atoms with Crippen LogP contribution in [-0.2, 0) is 9.53 Å². The molecule has 17 heavy (non-hydrogen) atoms. The maximum Gasteiger partial charge on any atom is 0.323 e. The fraction of sp³-hybridized carbons (Fsp3) is 0.923. The number of nitrogens with zero attached hydrogens (tertiary/aromatic N) is 2. The van der Waals surface area contributed by atoms with Gasteiger partial charge in [-0.25, -0.2) is 0 Å². The first kappa shape index (κ1) is 16.4. The average molecular weight is 244 g/mol. The minimum atomic E-state index is -0.0818. The van der Waals surface area contributed by atoms with Gasteiger partial charge in [0, 0.05) is 6.54 Å². The summed E-state index contributed by atoms with van der Waals surface area (Å²) in [6, 6.07) is -0.0814. The van der Waals surface area contributed by atoms with Crippen LogP contribution >= 0.6 is 0 Å². The van der Waals surface area contributed by atoms with Gasteiger partial charge >= 0.3 is 5.97 Å². The largest absolute Gasteiger partial charge is 0.465 e. The van der Waals surface area contributed by atoms with Crippen molar-refractivity contribution >= 4 is 5.97 Å². The van der Waals surface area contributed by atoms with Gasteiger partial charge in [0.1, 0.15) is 6.04 Å². The van der Waals surface area contributed by atoms with Crippen LogP contribution in [0.25, 0.3) is 0 Å². The van der Waals surface area contributed by atoms with Crippen LogP contribution in [0.1, 0.15) is 33.6 Å². The first-order valence-electron chi connectivity index (χ1n) is 6.62. The lowest BCUT2D eigenvalue weighted by Gasteiger charge is -2.28. The fourth-order valence-electron chi connectivity index (χ4n) is 1.94. The summed E-state index contributed by atoms with van der Waals surface area (Å²) in [5.41, 5.74) is 0. The minimum Gasteiger partial charge on any atom is -0.465 e. The van der Waals surface area contributed by atoms with Crippen LogP contribution in [0.3, 0.4) is 0 Å². The lowest BCUT2D eigenvalue weighted by atomic mass is 10.2. The molecule has 0 saturated carbocycles. The Balaban J connectivity index is 4.23. The van der Waals surface area contributed by atoms with E-state index in [1.807, 2.05) is 13.8 Å². The molecule has 1 unspecified atom stereocenters. The van der Waals surface area contributed by atoms with E-state index < -0.39 is 0 Å². The Kier molecular flexibility index (Phi) is 9.09. The second-order valence-electron chi connectivity index (χ2n) is 4.46. The van der Waals surface area contributed by atoms with Gasteiger partial charge in [0.25, 0.3) is 0 Å². The first-order chi connectivity index (χ1) is 8.06. The molecule has 0 aliphatic heterocycles. The molecular weight excluding hydrogens is 216 g/mol. The van der Waals surface area contributed by atoms with E-state index in [-0.39, 0.29) is 12.0 Å². The molecule has 0 radical (unpaired) electrons. The molecule has 0 fully saturated rings. The van der Waals surface area contributed by atoms with Gasteiger partial charge in [-0.3, -0.25) is 9.69 Å². The zero-order valence-electron chi connectivity index (χ0n) is 12.0. The molecule has 0 aliphatic carbocycles. The Bertz CT molecular complexity index is 208. The molecule has 0 rings (SSSR count). The van der Waals surface area contributed by atoms with E-state index in [9.17, 15) is 4.79 Å². The molecule has 4 heteroatoms. The third-order valence-corrected chi connectivity index (χ3v) is 2.84. The van der Waals surface area contributed by atoms with E-state index in [2.05, 4.69) is 30.8 Å².